The van der Waals surface area contributed by atoms with Gasteiger partial charge in [-0.05, 0) is 45.9 Å². The third kappa shape index (κ3) is 4.53. The number of carbonyl (C=O) groups is 2. The number of nitrogen functional groups attached to an aromatic ring is 1. The zero-order valence-corrected chi connectivity index (χ0v) is 13.3. The number of nitrogens with two attached hydrogens (primary N) is 1. The minimum atomic E-state index is -0.707. The summed E-state index contributed by atoms with van der Waals surface area (Å²) >= 11 is 5.90. The lowest BCUT2D eigenvalue weighted by Crippen LogP contribution is -2.56. The SMILES string of the molecule is CCOC(=O)NN(C(=O)c1cc(Cl)ccc1N)C(C)(C)C. The fourth-order valence-corrected chi connectivity index (χ4v) is 1.78. The number of carbonyl (C=O) groups excluding carboxylic acids is 2. The summed E-state index contributed by atoms with van der Waals surface area (Å²) in [5.41, 5.74) is 8.07. The third-order valence-corrected chi connectivity index (χ3v) is 2.83. The number of nitrogens with zero attached hydrogens (tertiary/aromatic N) is 1. The maximum atomic E-state index is 12.6. The normalized spacial score (nSPS) is 10.9. The van der Waals surface area contributed by atoms with Gasteiger partial charge in [-0.3, -0.25) is 4.79 Å². The number of hydrazine groups is 1. The van der Waals surface area contributed by atoms with Gasteiger partial charge >= 0.3 is 6.09 Å². The molecule has 0 unspecified atom stereocenters. The molecule has 1 aromatic rings. The predicted octanol–water partition coefficient (Wildman–Crippen LogP) is 2.82. The number of halogens is 1. The molecule has 2 amide bonds. The lowest BCUT2D eigenvalue weighted by Gasteiger charge is -2.35. The molecule has 0 fully saturated rings. The summed E-state index contributed by atoms with van der Waals surface area (Å²) in [5.74, 6) is -0.462. The van der Waals surface area contributed by atoms with Crippen LogP contribution in [0.3, 0.4) is 0 Å². The van der Waals surface area contributed by atoms with Gasteiger partial charge in [0.25, 0.3) is 5.91 Å². The topological polar surface area (TPSA) is 84.7 Å². The van der Waals surface area contributed by atoms with Gasteiger partial charge < -0.3 is 10.5 Å². The molecule has 116 valence electrons. The van der Waals surface area contributed by atoms with E-state index < -0.39 is 17.5 Å². The first-order valence-electron chi connectivity index (χ1n) is 6.49. The van der Waals surface area contributed by atoms with E-state index in [9.17, 15) is 9.59 Å². The summed E-state index contributed by atoms with van der Waals surface area (Å²) in [4.78, 5) is 24.2. The zero-order chi connectivity index (χ0) is 16.2. The summed E-state index contributed by atoms with van der Waals surface area (Å²) in [6.07, 6.45) is -0.707. The van der Waals surface area contributed by atoms with Crippen LogP contribution in [-0.2, 0) is 4.74 Å². The first-order chi connectivity index (χ1) is 9.66. The van der Waals surface area contributed by atoms with Crippen molar-refractivity contribution in [1.29, 1.82) is 0 Å². The van der Waals surface area contributed by atoms with Crippen LogP contribution >= 0.6 is 11.6 Å². The molecular weight excluding hydrogens is 294 g/mol. The van der Waals surface area contributed by atoms with Crippen LogP contribution in [-0.4, -0.2) is 29.2 Å². The molecule has 0 aliphatic heterocycles. The van der Waals surface area contributed by atoms with Crippen molar-refractivity contribution in [3.8, 4) is 0 Å². The van der Waals surface area contributed by atoms with Gasteiger partial charge in [0, 0.05) is 10.7 Å². The first kappa shape index (κ1) is 17.1. The van der Waals surface area contributed by atoms with E-state index in [-0.39, 0.29) is 17.9 Å². The van der Waals surface area contributed by atoms with E-state index in [1.807, 2.05) is 0 Å². The molecule has 0 aliphatic rings. The fourth-order valence-electron chi connectivity index (χ4n) is 1.61. The van der Waals surface area contributed by atoms with Crippen molar-refractivity contribution < 1.29 is 14.3 Å². The van der Waals surface area contributed by atoms with Crippen LogP contribution < -0.4 is 11.2 Å². The van der Waals surface area contributed by atoms with Gasteiger partial charge in [0.2, 0.25) is 0 Å². The van der Waals surface area contributed by atoms with E-state index in [2.05, 4.69) is 5.43 Å². The Hall–Kier alpha value is -1.95. The van der Waals surface area contributed by atoms with Crippen LogP contribution in [0.15, 0.2) is 18.2 Å². The zero-order valence-electron chi connectivity index (χ0n) is 12.6. The predicted molar refractivity (Wildman–Crippen MR) is 81.9 cm³/mol. The van der Waals surface area contributed by atoms with Gasteiger partial charge in [0.05, 0.1) is 17.7 Å². The molecule has 0 atom stereocenters. The van der Waals surface area contributed by atoms with Crippen LogP contribution in [0.1, 0.15) is 38.1 Å². The highest BCUT2D eigenvalue weighted by Gasteiger charge is 2.30. The second-order valence-corrected chi connectivity index (χ2v) is 5.81. The Kier molecular flexibility index (Phi) is 5.43. The highest BCUT2D eigenvalue weighted by atomic mass is 35.5. The molecule has 0 bridgehead atoms. The molecule has 0 saturated heterocycles. The number of rotatable bonds is 2. The van der Waals surface area contributed by atoms with E-state index >= 15 is 0 Å². The second kappa shape index (κ2) is 6.67. The van der Waals surface area contributed by atoms with Crippen molar-refractivity contribution in [3.05, 3.63) is 28.8 Å². The molecule has 1 rings (SSSR count). The molecule has 0 aromatic heterocycles. The summed E-state index contributed by atoms with van der Waals surface area (Å²) in [6, 6.07) is 4.60. The highest BCUT2D eigenvalue weighted by molar-refractivity contribution is 6.31. The lowest BCUT2D eigenvalue weighted by molar-refractivity contribution is 0.0359. The van der Waals surface area contributed by atoms with Crippen LogP contribution in [0, 0.1) is 0 Å². The van der Waals surface area contributed by atoms with E-state index in [1.54, 1.807) is 39.8 Å². The largest absolute Gasteiger partial charge is 0.449 e. The van der Waals surface area contributed by atoms with E-state index in [0.29, 0.717) is 5.02 Å². The molecular formula is C14H20ClN3O3. The molecule has 7 heteroatoms. The Bertz CT molecular complexity index is 541. The second-order valence-electron chi connectivity index (χ2n) is 5.38. The summed E-state index contributed by atoms with van der Waals surface area (Å²) < 4.78 is 4.81. The van der Waals surface area contributed by atoms with Crippen molar-refractivity contribution in [2.24, 2.45) is 0 Å². The molecule has 1 aromatic carbocycles. The summed E-state index contributed by atoms with van der Waals surface area (Å²) in [6.45, 7) is 7.21. The minimum absolute atomic E-state index is 0.206. The van der Waals surface area contributed by atoms with Gasteiger partial charge in [-0.15, -0.1) is 0 Å². The standard InChI is InChI=1S/C14H20ClN3O3/c1-5-21-13(20)17-18(14(2,3)4)12(19)10-8-9(15)6-7-11(10)16/h6-8H,5,16H2,1-4H3,(H,17,20). The Labute approximate surface area is 129 Å². The Morgan fingerprint density at radius 3 is 2.52 bits per heavy atom. The Balaban J connectivity index is 3.11. The van der Waals surface area contributed by atoms with E-state index in [0.717, 1.165) is 0 Å². The number of amides is 2. The number of hydrogen-bond acceptors (Lipinski definition) is 4. The molecule has 21 heavy (non-hydrogen) atoms. The van der Waals surface area contributed by atoms with Gasteiger partial charge in [0.1, 0.15) is 0 Å². The molecule has 6 nitrogen and oxygen atoms in total. The molecule has 0 radical (unpaired) electrons. The monoisotopic (exact) mass is 313 g/mol. The Morgan fingerprint density at radius 1 is 1.38 bits per heavy atom. The van der Waals surface area contributed by atoms with E-state index in [1.165, 1.54) is 11.1 Å². The van der Waals surface area contributed by atoms with Crippen molar-refractivity contribution in [1.82, 2.24) is 10.4 Å². The van der Waals surface area contributed by atoms with E-state index in [4.69, 9.17) is 22.1 Å². The average molecular weight is 314 g/mol. The Morgan fingerprint density at radius 2 is 2.00 bits per heavy atom. The number of anilines is 1. The maximum Gasteiger partial charge on any atom is 0.426 e. The molecule has 0 spiro atoms. The van der Waals surface area contributed by atoms with Crippen LogP contribution in [0.4, 0.5) is 10.5 Å². The molecule has 3 N–H and O–H groups in total. The van der Waals surface area contributed by atoms with Crippen LogP contribution in [0.25, 0.3) is 0 Å². The summed E-state index contributed by atoms with van der Waals surface area (Å²) in [5, 5.41) is 1.56. The maximum absolute atomic E-state index is 12.6. The van der Waals surface area contributed by atoms with Crippen LogP contribution in [0.2, 0.25) is 5.02 Å². The molecule has 0 heterocycles. The van der Waals surface area contributed by atoms with Crippen molar-refractivity contribution in [3.63, 3.8) is 0 Å². The smallest absolute Gasteiger partial charge is 0.426 e. The lowest BCUT2D eigenvalue weighted by atomic mass is 10.1. The average Bonchev–Trinajstić information content (AvgIpc) is 2.37. The number of ether oxygens (including phenoxy) is 1. The minimum Gasteiger partial charge on any atom is -0.449 e. The van der Waals surface area contributed by atoms with Gasteiger partial charge in [-0.25, -0.2) is 15.2 Å². The summed E-state index contributed by atoms with van der Waals surface area (Å²) in [7, 11) is 0. The highest BCUT2D eigenvalue weighted by Crippen LogP contribution is 2.22. The number of hydrogen-bond donors (Lipinski definition) is 2. The van der Waals surface area contributed by atoms with Crippen molar-refractivity contribution in [2.75, 3.05) is 12.3 Å². The quantitative estimate of drug-likeness (QED) is 0.649. The third-order valence-electron chi connectivity index (χ3n) is 2.60. The molecule has 0 saturated carbocycles. The van der Waals surface area contributed by atoms with Gasteiger partial charge in [-0.2, -0.15) is 0 Å². The first-order valence-corrected chi connectivity index (χ1v) is 6.87. The van der Waals surface area contributed by atoms with Gasteiger partial charge in [0.15, 0.2) is 0 Å². The van der Waals surface area contributed by atoms with Gasteiger partial charge in [-0.1, -0.05) is 11.6 Å². The fraction of sp³-hybridized carbons (Fsp3) is 0.429. The van der Waals surface area contributed by atoms with Crippen LogP contribution in [0.5, 0.6) is 0 Å². The van der Waals surface area contributed by atoms with Crippen molar-refractivity contribution in [2.45, 2.75) is 33.2 Å². The number of benzene rings is 1. The van der Waals surface area contributed by atoms with Crippen molar-refractivity contribution >= 4 is 29.3 Å². The number of nitrogens with one attached hydrogen (secondary N) is 1. The molecule has 0 aliphatic carbocycles.